The molecular weight excluding hydrogens is 377 g/mol. The molecular formula is C21H23FN3O2S+. The number of ether oxygens (including phenoxy) is 1. The van der Waals surface area contributed by atoms with E-state index < -0.39 is 0 Å². The van der Waals surface area contributed by atoms with Crippen molar-refractivity contribution in [3.63, 3.8) is 0 Å². The molecule has 2 heterocycles. The second-order valence-corrected chi connectivity index (χ2v) is 7.90. The number of morpholine rings is 1. The van der Waals surface area contributed by atoms with Crippen LogP contribution in [0.1, 0.15) is 16.8 Å². The lowest BCUT2D eigenvalue weighted by Gasteiger charge is -2.25. The first-order valence-electron chi connectivity index (χ1n) is 9.55. The van der Waals surface area contributed by atoms with Crippen molar-refractivity contribution >= 4 is 32.6 Å². The summed E-state index contributed by atoms with van der Waals surface area (Å²) in [4.78, 5) is 21.1. The number of thiazole rings is 1. The molecule has 1 N–H and O–H groups in total. The van der Waals surface area contributed by atoms with Gasteiger partial charge in [0.25, 0.3) is 5.91 Å². The molecule has 0 spiro atoms. The van der Waals surface area contributed by atoms with Crippen LogP contribution in [0.3, 0.4) is 0 Å². The van der Waals surface area contributed by atoms with Crippen LogP contribution in [0.2, 0.25) is 0 Å². The second kappa shape index (κ2) is 8.77. The van der Waals surface area contributed by atoms with E-state index in [9.17, 15) is 9.18 Å². The standard InChI is InChI=1S/C21H22FN3O2S/c22-17-8-6-16(7-9-17)20(26)25(11-3-10-24-12-14-27-15-13-24)21-23-18-4-1-2-5-19(18)28-21/h1-2,4-9H,3,10-15H2/p+1. The number of anilines is 1. The van der Waals surface area contributed by atoms with Crippen LogP contribution in [0.5, 0.6) is 0 Å². The predicted octanol–water partition coefficient (Wildman–Crippen LogP) is 2.39. The molecule has 1 aromatic heterocycles. The molecule has 1 aliphatic rings. The Morgan fingerprint density at radius 2 is 1.89 bits per heavy atom. The highest BCUT2D eigenvalue weighted by molar-refractivity contribution is 7.22. The monoisotopic (exact) mass is 400 g/mol. The maximum absolute atomic E-state index is 13.3. The average molecular weight is 400 g/mol. The third-order valence-electron chi connectivity index (χ3n) is 4.96. The molecule has 1 amide bonds. The molecule has 0 saturated carbocycles. The minimum Gasteiger partial charge on any atom is -0.370 e. The summed E-state index contributed by atoms with van der Waals surface area (Å²) in [7, 11) is 0. The van der Waals surface area contributed by atoms with Crippen molar-refractivity contribution < 1.29 is 18.8 Å². The van der Waals surface area contributed by atoms with Crippen molar-refractivity contribution in [1.29, 1.82) is 0 Å². The molecule has 0 atom stereocenters. The summed E-state index contributed by atoms with van der Waals surface area (Å²) >= 11 is 1.51. The van der Waals surface area contributed by atoms with Crippen molar-refractivity contribution in [2.75, 3.05) is 44.3 Å². The Hall–Kier alpha value is -2.35. The summed E-state index contributed by atoms with van der Waals surface area (Å²) in [5.41, 5.74) is 1.36. The lowest BCUT2D eigenvalue weighted by atomic mass is 10.2. The highest BCUT2D eigenvalue weighted by Gasteiger charge is 2.22. The Morgan fingerprint density at radius 3 is 2.64 bits per heavy atom. The van der Waals surface area contributed by atoms with E-state index in [2.05, 4.69) is 4.98 Å². The minimum atomic E-state index is -0.348. The third-order valence-corrected chi connectivity index (χ3v) is 6.02. The zero-order chi connectivity index (χ0) is 19.3. The number of fused-ring (bicyclic) bond motifs is 1. The van der Waals surface area contributed by atoms with Gasteiger partial charge in [-0.2, -0.15) is 0 Å². The Kier molecular flexibility index (Phi) is 5.95. The Balaban J connectivity index is 1.54. The molecule has 0 aliphatic carbocycles. The van der Waals surface area contributed by atoms with Crippen LogP contribution in [0, 0.1) is 5.82 Å². The number of carbonyl (C=O) groups is 1. The average Bonchev–Trinajstić information content (AvgIpc) is 3.16. The molecule has 7 heteroatoms. The van der Waals surface area contributed by atoms with Gasteiger partial charge in [0, 0.05) is 18.5 Å². The van der Waals surface area contributed by atoms with Crippen LogP contribution in [-0.2, 0) is 4.74 Å². The molecule has 28 heavy (non-hydrogen) atoms. The van der Waals surface area contributed by atoms with Crippen LogP contribution in [0.25, 0.3) is 10.2 Å². The molecule has 1 saturated heterocycles. The molecule has 4 rings (SSSR count). The molecule has 0 radical (unpaired) electrons. The third kappa shape index (κ3) is 4.38. The minimum absolute atomic E-state index is 0.143. The number of carbonyl (C=O) groups excluding carboxylic acids is 1. The van der Waals surface area contributed by atoms with Gasteiger partial charge in [0.1, 0.15) is 18.9 Å². The topological polar surface area (TPSA) is 46.9 Å². The number of halogens is 1. The zero-order valence-corrected chi connectivity index (χ0v) is 16.4. The number of hydrogen-bond donors (Lipinski definition) is 1. The molecule has 5 nitrogen and oxygen atoms in total. The summed E-state index contributed by atoms with van der Waals surface area (Å²) in [5.74, 6) is -0.491. The van der Waals surface area contributed by atoms with Crippen molar-refractivity contribution in [3.05, 3.63) is 59.9 Å². The largest absolute Gasteiger partial charge is 0.370 e. The van der Waals surface area contributed by atoms with Gasteiger partial charge in [0.2, 0.25) is 0 Å². The Labute approximate surface area is 167 Å². The molecule has 0 unspecified atom stereocenters. The van der Waals surface area contributed by atoms with Crippen LogP contribution in [0.4, 0.5) is 9.52 Å². The number of rotatable bonds is 6. The zero-order valence-electron chi connectivity index (χ0n) is 15.6. The number of amides is 1. The smallest absolute Gasteiger partial charge is 0.260 e. The van der Waals surface area contributed by atoms with Gasteiger partial charge >= 0.3 is 0 Å². The fourth-order valence-corrected chi connectivity index (χ4v) is 4.40. The van der Waals surface area contributed by atoms with E-state index in [1.807, 2.05) is 24.3 Å². The summed E-state index contributed by atoms with van der Waals surface area (Å²) < 4.78 is 19.7. The quantitative estimate of drug-likeness (QED) is 0.691. The van der Waals surface area contributed by atoms with Gasteiger partial charge in [-0.1, -0.05) is 23.5 Å². The fraction of sp³-hybridized carbons (Fsp3) is 0.333. The van der Waals surface area contributed by atoms with Crippen molar-refractivity contribution in [1.82, 2.24) is 4.98 Å². The summed E-state index contributed by atoms with van der Waals surface area (Å²) in [6.45, 7) is 5.18. The second-order valence-electron chi connectivity index (χ2n) is 6.89. The number of hydrogen-bond acceptors (Lipinski definition) is 4. The van der Waals surface area contributed by atoms with Gasteiger partial charge in [-0.15, -0.1) is 0 Å². The number of benzene rings is 2. The molecule has 0 bridgehead atoms. The van der Waals surface area contributed by atoms with Crippen LogP contribution in [-0.4, -0.2) is 50.3 Å². The van der Waals surface area contributed by atoms with Gasteiger partial charge < -0.3 is 9.64 Å². The Bertz CT molecular complexity index is 905. The SMILES string of the molecule is O=C(c1ccc(F)cc1)N(CCC[NH+]1CCOCC1)c1nc2ccccc2s1. The van der Waals surface area contributed by atoms with E-state index in [1.54, 1.807) is 4.90 Å². The van der Waals surface area contributed by atoms with Crippen LogP contribution >= 0.6 is 11.3 Å². The van der Waals surface area contributed by atoms with Crippen molar-refractivity contribution in [2.24, 2.45) is 0 Å². The van der Waals surface area contributed by atoms with Gasteiger partial charge in [-0.25, -0.2) is 9.37 Å². The number of nitrogens with one attached hydrogen (secondary N) is 1. The first-order chi connectivity index (χ1) is 13.7. The lowest BCUT2D eigenvalue weighted by molar-refractivity contribution is -0.908. The van der Waals surface area contributed by atoms with E-state index in [-0.39, 0.29) is 11.7 Å². The number of para-hydroxylation sites is 1. The normalized spacial score (nSPS) is 15.0. The first kappa shape index (κ1) is 19.0. The van der Waals surface area contributed by atoms with Gasteiger partial charge in [-0.3, -0.25) is 9.69 Å². The van der Waals surface area contributed by atoms with Gasteiger partial charge in [0.05, 0.1) is 30.0 Å². The molecule has 146 valence electrons. The Morgan fingerprint density at radius 1 is 1.14 bits per heavy atom. The van der Waals surface area contributed by atoms with E-state index in [1.165, 1.54) is 40.5 Å². The summed E-state index contributed by atoms with van der Waals surface area (Å²) in [5, 5.41) is 0.688. The van der Waals surface area contributed by atoms with Gasteiger partial charge in [0.15, 0.2) is 5.13 Å². The fourth-order valence-electron chi connectivity index (χ4n) is 3.41. The van der Waals surface area contributed by atoms with E-state index in [0.29, 0.717) is 17.2 Å². The number of nitrogens with zero attached hydrogens (tertiary/aromatic N) is 2. The van der Waals surface area contributed by atoms with E-state index in [0.717, 1.165) is 49.5 Å². The molecule has 1 aliphatic heterocycles. The summed E-state index contributed by atoms with van der Waals surface area (Å²) in [6.07, 6.45) is 0.873. The maximum atomic E-state index is 13.3. The highest BCUT2D eigenvalue weighted by Crippen LogP contribution is 2.29. The molecule has 1 fully saturated rings. The van der Waals surface area contributed by atoms with Crippen molar-refractivity contribution in [2.45, 2.75) is 6.42 Å². The highest BCUT2D eigenvalue weighted by atomic mass is 32.1. The summed E-state index contributed by atoms with van der Waals surface area (Å²) in [6, 6.07) is 13.6. The van der Waals surface area contributed by atoms with E-state index in [4.69, 9.17) is 4.74 Å². The number of quaternary nitrogens is 1. The molecule has 2 aromatic carbocycles. The predicted molar refractivity (Wildman–Crippen MR) is 109 cm³/mol. The van der Waals surface area contributed by atoms with E-state index >= 15 is 0 Å². The number of aromatic nitrogens is 1. The van der Waals surface area contributed by atoms with Crippen molar-refractivity contribution in [3.8, 4) is 0 Å². The van der Waals surface area contributed by atoms with Crippen LogP contribution < -0.4 is 9.80 Å². The lowest BCUT2D eigenvalue weighted by Crippen LogP contribution is -3.14. The molecule has 3 aromatic rings. The first-order valence-corrected chi connectivity index (χ1v) is 10.4. The van der Waals surface area contributed by atoms with Gasteiger partial charge in [-0.05, 0) is 36.4 Å². The maximum Gasteiger partial charge on any atom is 0.260 e. The van der Waals surface area contributed by atoms with Crippen LogP contribution in [0.15, 0.2) is 48.5 Å².